The summed E-state index contributed by atoms with van der Waals surface area (Å²) in [5, 5.41) is 3.22. The summed E-state index contributed by atoms with van der Waals surface area (Å²) in [5.41, 5.74) is 0. The number of hydrogen-bond acceptors (Lipinski definition) is 3. The van der Waals surface area contributed by atoms with E-state index in [4.69, 9.17) is 4.74 Å². The Hall–Kier alpha value is -1.10. The van der Waals surface area contributed by atoms with E-state index in [2.05, 4.69) is 17.1 Å². The maximum absolute atomic E-state index is 12.7. The average molecular weight is 363 g/mol. The van der Waals surface area contributed by atoms with Crippen molar-refractivity contribution in [3.05, 3.63) is 0 Å². The van der Waals surface area contributed by atoms with Gasteiger partial charge >= 0.3 is 0 Å². The van der Waals surface area contributed by atoms with Crippen LogP contribution in [0, 0.1) is 23.7 Å². The van der Waals surface area contributed by atoms with Gasteiger partial charge in [-0.15, -0.1) is 0 Å². The lowest BCUT2D eigenvalue weighted by Crippen LogP contribution is -2.43. The van der Waals surface area contributed by atoms with Gasteiger partial charge in [0.1, 0.15) is 0 Å². The minimum absolute atomic E-state index is 0.111. The molecule has 5 nitrogen and oxygen atoms in total. The summed E-state index contributed by atoms with van der Waals surface area (Å²) in [5.74, 6) is 2.15. The second kappa shape index (κ2) is 7.87. The van der Waals surface area contributed by atoms with Gasteiger partial charge in [-0.2, -0.15) is 0 Å². The third-order valence-corrected chi connectivity index (χ3v) is 7.52. The highest BCUT2D eigenvalue weighted by Crippen LogP contribution is 2.47. The highest BCUT2D eigenvalue weighted by atomic mass is 16.5. The van der Waals surface area contributed by atoms with E-state index >= 15 is 0 Å². The number of nitrogens with zero attached hydrogens (tertiary/aromatic N) is 1. The van der Waals surface area contributed by atoms with Crippen molar-refractivity contribution in [2.45, 2.75) is 76.8 Å². The third kappa shape index (κ3) is 3.51. The number of likely N-dealkylation sites (tertiary alicyclic amines) is 1. The van der Waals surface area contributed by atoms with Crippen molar-refractivity contribution < 1.29 is 14.3 Å². The summed E-state index contributed by atoms with van der Waals surface area (Å²) in [7, 11) is 0. The Morgan fingerprint density at radius 2 is 1.88 bits per heavy atom. The summed E-state index contributed by atoms with van der Waals surface area (Å²) in [6.07, 6.45) is 9.73. The Morgan fingerprint density at radius 3 is 2.62 bits per heavy atom. The molecule has 2 aliphatic heterocycles. The molecular weight excluding hydrogens is 328 g/mol. The molecule has 0 aromatic rings. The molecule has 0 aromatic heterocycles. The molecule has 2 saturated heterocycles. The van der Waals surface area contributed by atoms with Crippen LogP contribution in [0.2, 0.25) is 0 Å². The van der Waals surface area contributed by atoms with Gasteiger partial charge in [0.05, 0.1) is 0 Å². The molecule has 0 unspecified atom stereocenters. The molecule has 5 heteroatoms. The van der Waals surface area contributed by atoms with Crippen molar-refractivity contribution in [3.8, 4) is 0 Å². The second-order valence-corrected chi connectivity index (χ2v) is 9.04. The van der Waals surface area contributed by atoms with Gasteiger partial charge in [0.15, 0.2) is 0 Å². The molecule has 2 heterocycles. The van der Waals surface area contributed by atoms with E-state index in [1.54, 1.807) is 0 Å². The molecule has 26 heavy (non-hydrogen) atoms. The van der Waals surface area contributed by atoms with Crippen molar-refractivity contribution in [2.24, 2.45) is 23.7 Å². The summed E-state index contributed by atoms with van der Waals surface area (Å²) in [4.78, 5) is 27.5. The Morgan fingerprint density at radius 1 is 1.15 bits per heavy atom. The monoisotopic (exact) mass is 362 g/mol. The van der Waals surface area contributed by atoms with Crippen LogP contribution in [0.15, 0.2) is 0 Å². The Balaban J connectivity index is 1.36. The summed E-state index contributed by atoms with van der Waals surface area (Å²) >= 11 is 0. The summed E-state index contributed by atoms with van der Waals surface area (Å²) in [6.45, 7) is 4.46. The maximum Gasteiger partial charge on any atom is 0.223 e. The van der Waals surface area contributed by atoms with E-state index in [0.29, 0.717) is 55.4 Å². The van der Waals surface area contributed by atoms with Gasteiger partial charge in [-0.25, -0.2) is 0 Å². The predicted molar refractivity (Wildman–Crippen MR) is 99.4 cm³/mol. The number of amides is 2. The molecule has 4 rings (SSSR count). The molecule has 0 aromatic carbocycles. The smallest absolute Gasteiger partial charge is 0.223 e. The predicted octanol–water partition coefficient (Wildman–Crippen LogP) is 2.74. The molecule has 146 valence electrons. The molecule has 2 amide bonds. The fourth-order valence-electron chi connectivity index (χ4n) is 6.05. The SMILES string of the molecule is C[C@H]1C[C@@H]2[C@@H](CC(=O)N2C2CCCCC2)[C@@H]1CNC(=O)C1CCOCC1. The van der Waals surface area contributed by atoms with Crippen LogP contribution in [0.4, 0.5) is 0 Å². The molecule has 0 spiro atoms. The van der Waals surface area contributed by atoms with Crippen molar-refractivity contribution in [2.75, 3.05) is 19.8 Å². The number of ether oxygens (including phenoxy) is 1. The van der Waals surface area contributed by atoms with Gasteiger partial charge < -0.3 is 15.0 Å². The Bertz CT molecular complexity index is 525. The van der Waals surface area contributed by atoms with Crippen LogP contribution in [-0.2, 0) is 14.3 Å². The van der Waals surface area contributed by atoms with Crippen LogP contribution < -0.4 is 5.32 Å². The lowest BCUT2D eigenvalue weighted by Gasteiger charge is -2.35. The number of carbonyl (C=O) groups excluding carboxylic acids is 2. The Kier molecular flexibility index (Phi) is 5.53. The van der Waals surface area contributed by atoms with Crippen molar-refractivity contribution in [3.63, 3.8) is 0 Å². The molecule has 2 saturated carbocycles. The van der Waals surface area contributed by atoms with Crippen molar-refractivity contribution >= 4 is 11.8 Å². The summed E-state index contributed by atoms with van der Waals surface area (Å²) in [6, 6.07) is 0.902. The highest BCUT2D eigenvalue weighted by molar-refractivity contribution is 5.80. The van der Waals surface area contributed by atoms with Crippen LogP contribution >= 0.6 is 0 Å². The number of hydrogen-bond donors (Lipinski definition) is 1. The van der Waals surface area contributed by atoms with E-state index in [0.717, 1.165) is 25.8 Å². The largest absolute Gasteiger partial charge is 0.381 e. The van der Waals surface area contributed by atoms with Gasteiger partial charge in [-0.05, 0) is 49.9 Å². The standard InChI is InChI=1S/C21H34N2O3/c1-14-11-19-17(12-20(24)23(19)16-5-3-2-4-6-16)18(14)13-22-21(25)15-7-9-26-10-8-15/h14-19H,2-13H2,1H3,(H,22,25)/t14-,17-,18+,19+/m0/s1. The van der Waals surface area contributed by atoms with Crippen LogP contribution in [0.5, 0.6) is 0 Å². The first-order valence-corrected chi connectivity index (χ1v) is 10.8. The lowest BCUT2D eigenvalue weighted by molar-refractivity contribution is -0.132. The molecule has 2 aliphatic carbocycles. The van der Waals surface area contributed by atoms with E-state index in [1.807, 2.05) is 0 Å². The van der Waals surface area contributed by atoms with Gasteiger partial charge in [-0.1, -0.05) is 26.2 Å². The molecule has 4 atom stereocenters. The van der Waals surface area contributed by atoms with Crippen LogP contribution in [0.1, 0.15) is 64.7 Å². The normalized spacial score (nSPS) is 36.3. The van der Waals surface area contributed by atoms with E-state index in [9.17, 15) is 9.59 Å². The fourth-order valence-corrected chi connectivity index (χ4v) is 6.05. The topological polar surface area (TPSA) is 58.6 Å². The van der Waals surface area contributed by atoms with Crippen LogP contribution in [0.25, 0.3) is 0 Å². The number of nitrogens with one attached hydrogen (secondary N) is 1. The average Bonchev–Trinajstić information content (AvgIpc) is 3.14. The fraction of sp³-hybridized carbons (Fsp3) is 0.905. The minimum Gasteiger partial charge on any atom is -0.381 e. The maximum atomic E-state index is 12.7. The van der Waals surface area contributed by atoms with E-state index in [1.165, 1.54) is 32.1 Å². The first kappa shape index (κ1) is 18.3. The van der Waals surface area contributed by atoms with Gasteiger partial charge in [0, 0.05) is 44.2 Å². The first-order chi connectivity index (χ1) is 12.6. The number of fused-ring (bicyclic) bond motifs is 1. The molecule has 0 radical (unpaired) electrons. The van der Waals surface area contributed by atoms with E-state index < -0.39 is 0 Å². The van der Waals surface area contributed by atoms with Crippen LogP contribution in [-0.4, -0.2) is 48.6 Å². The first-order valence-electron chi connectivity index (χ1n) is 10.8. The minimum atomic E-state index is 0.111. The van der Waals surface area contributed by atoms with Gasteiger partial charge in [0.25, 0.3) is 0 Å². The van der Waals surface area contributed by atoms with E-state index in [-0.39, 0.29) is 11.8 Å². The highest BCUT2D eigenvalue weighted by Gasteiger charge is 2.52. The van der Waals surface area contributed by atoms with Gasteiger partial charge in [-0.3, -0.25) is 9.59 Å². The Labute approximate surface area is 157 Å². The van der Waals surface area contributed by atoms with Crippen molar-refractivity contribution in [1.82, 2.24) is 10.2 Å². The van der Waals surface area contributed by atoms with Crippen molar-refractivity contribution in [1.29, 1.82) is 0 Å². The summed E-state index contributed by atoms with van der Waals surface area (Å²) < 4.78 is 5.36. The molecular formula is C21H34N2O3. The molecule has 4 aliphatic rings. The zero-order valence-electron chi connectivity index (χ0n) is 16.1. The van der Waals surface area contributed by atoms with Crippen LogP contribution in [0.3, 0.4) is 0 Å². The quantitative estimate of drug-likeness (QED) is 0.837. The third-order valence-electron chi connectivity index (χ3n) is 7.52. The zero-order valence-corrected chi connectivity index (χ0v) is 16.1. The number of rotatable bonds is 4. The number of carbonyl (C=O) groups is 2. The lowest BCUT2D eigenvalue weighted by atomic mass is 9.88. The molecule has 1 N–H and O–H groups in total. The molecule has 0 bridgehead atoms. The zero-order chi connectivity index (χ0) is 18.1. The molecule has 4 fully saturated rings. The van der Waals surface area contributed by atoms with Gasteiger partial charge in [0.2, 0.25) is 11.8 Å². The second-order valence-electron chi connectivity index (χ2n) is 9.04.